The molecule has 8 heteroatoms. The molecule has 0 bridgehead atoms. The summed E-state index contributed by atoms with van der Waals surface area (Å²) in [4.78, 5) is 12.2. The van der Waals surface area contributed by atoms with E-state index in [9.17, 15) is 8.42 Å². The van der Waals surface area contributed by atoms with Crippen LogP contribution >= 0.6 is 0 Å². The lowest BCUT2D eigenvalue weighted by atomic mass is 10.2. The molecule has 0 aliphatic carbocycles. The third kappa shape index (κ3) is 3.03. The minimum absolute atomic E-state index is 0.287. The van der Waals surface area contributed by atoms with Crippen molar-refractivity contribution in [2.75, 3.05) is 6.26 Å². The average Bonchev–Trinajstić information content (AvgIpc) is 3.17. The molecule has 25 heavy (non-hydrogen) atoms. The number of aromatic nitrogens is 5. The number of hydrogen-bond acceptors (Lipinski definition) is 5. The quantitative estimate of drug-likeness (QED) is 0.607. The van der Waals surface area contributed by atoms with Gasteiger partial charge in [0.1, 0.15) is 11.3 Å². The monoisotopic (exact) mass is 353 g/mol. The highest BCUT2D eigenvalue weighted by molar-refractivity contribution is 7.90. The molecule has 7 nitrogen and oxygen atoms in total. The lowest BCUT2D eigenvalue weighted by Gasteiger charge is -2.02. The van der Waals surface area contributed by atoms with Gasteiger partial charge in [-0.25, -0.2) is 18.1 Å². The Hall–Kier alpha value is -3.00. The topological polar surface area (TPSA) is 93.5 Å². The molecular weight excluding hydrogens is 338 g/mol. The van der Waals surface area contributed by atoms with Gasteiger partial charge < -0.3 is 4.98 Å². The van der Waals surface area contributed by atoms with Crippen molar-refractivity contribution >= 4 is 21.0 Å². The molecule has 1 aromatic carbocycles. The molecular formula is C17H15N5O2S. The number of nitrogens with zero attached hydrogens (tertiary/aromatic N) is 4. The summed E-state index contributed by atoms with van der Waals surface area (Å²) in [7, 11) is -3.21. The number of fused-ring (bicyclic) bond motifs is 1. The molecule has 1 N–H and O–H groups in total. The van der Waals surface area contributed by atoms with E-state index in [1.807, 2.05) is 12.1 Å². The van der Waals surface area contributed by atoms with E-state index in [1.165, 1.54) is 6.26 Å². The first-order valence-electron chi connectivity index (χ1n) is 7.61. The van der Waals surface area contributed by atoms with Gasteiger partial charge >= 0.3 is 0 Å². The van der Waals surface area contributed by atoms with Gasteiger partial charge in [0.2, 0.25) is 0 Å². The number of nitrogens with one attached hydrogen (secondary N) is 1. The summed E-state index contributed by atoms with van der Waals surface area (Å²) in [5, 5.41) is 4.35. The van der Waals surface area contributed by atoms with Crippen molar-refractivity contribution in [1.29, 1.82) is 0 Å². The van der Waals surface area contributed by atoms with E-state index in [-0.39, 0.29) is 4.90 Å². The minimum Gasteiger partial charge on any atom is -0.335 e. The molecule has 0 aliphatic heterocycles. The summed E-state index contributed by atoms with van der Waals surface area (Å²) in [6.45, 7) is 0.578. The van der Waals surface area contributed by atoms with Gasteiger partial charge in [-0.2, -0.15) is 5.10 Å². The number of pyridine rings is 1. The summed E-state index contributed by atoms with van der Waals surface area (Å²) < 4.78 is 24.9. The van der Waals surface area contributed by atoms with Crippen LogP contribution in [0.25, 0.3) is 22.6 Å². The summed E-state index contributed by atoms with van der Waals surface area (Å²) >= 11 is 0. The van der Waals surface area contributed by atoms with Gasteiger partial charge in [0.25, 0.3) is 0 Å². The molecule has 0 spiro atoms. The van der Waals surface area contributed by atoms with Crippen molar-refractivity contribution in [2.45, 2.75) is 11.4 Å². The Kier molecular flexibility index (Phi) is 3.61. The summed E-state index contributed by atoms with van der Waals surface area (Å²) in [5.41, 5.74) is 3.42. The van der Waals surface area contributed by atoms with Crippen LogP contribution in [0.15, 0.2) is 59.9 Å². The van der Waals surface area contributed by atoms with Gasteiger partial charge in [-0.3, -0.25) is 4.98 Å². The number of H-pyrrole nitrogens is 1. The molecule has 4 aromatic rings. The highest BCUT2D eigenvalue weighted by atomic mass is 32.2. The molecule has 0 amide bonds. The van der Waals surface area contributed by atoms with Crippen molar-refractivity contribution in [2.24, 2.45) is 0 Å². The van der Waals surface area contributed by atoms with Crippen LogP contribution in [0.4, 0.5) is 0 Å². The van der Waals surface area contributed by atoms with Gasteiger partial charge in [0, 0.05) is 24.2 Å². The largest absolute Gasteiger partial charge is 0.335 e. The number of rotatable bonds is 4. The molecule has 0 radical (unpaired) electrons. The molecule has 4 rings (SSSR count). The van der Waals surface area contributed by atoms with Crippen molar-refractivity contribution in [3.63, 3.8) is 0 Å². The van der Waals surface area contributed by atoms with Gasteiger partial charge in [-0.15, -0.1) is 0 Å². The second-order valence-electron chi connectivity index (χ2n) is 5.78. The van der Waals surface area contributed by atoms with Crippen LogP contribution in [0.3, 0.4) is 0 Å². The first-order chi connectivity index (χ1) is 12.0. The SMILES string of the molecule is CS(=O)(=O)c1ccc(-c2nc3c(cnn3Cc3cccnc3)[nH]2)cc1. The van der Waals surface area contributed by atoms with Crippen LogP contribution in [0.1, 0.15) is 5.56 Å². The fourth-order valence-electron chi connectivity index (χ4n) is 2.62. The first-order valence-corrected chi connectivity index (χ1v) is 9.51. The lowest BCUT2D eigenvalue weighted by molar-refractivity contribution is 0.602. The van der Waals surface area contributed by atoms with E-state index in [1.54, 1.807) is 47.5 Å². The zero-order valence-corrected chi connectivity index (χ0v) is 14.2. The Labute approximate surface area is 144 Å². The highest BCUT2D eigenvalue weighted by Crippen LogP contribution is 2.22. The fourth-order valence-corrected chi connectivity index (χ4v) is 3.25. The molecule has 0 atom stereocenters. The fraction of sp³-hybridized carbons (Fsp3) is 0.118. The van der Waals surface area contributed by atoms with Crippen molar-refractivity contribution in [3.05, 3.63) is 60.6 Å². The van der Waals surface area contributed by atoms with E-state index in [4.69, 9.17) is 0 Å². The average molecular weight is 353 g/mol. The molecule has 126 valence electrons. The summed E-state index contributed by atoms with van der Waals surface area (Å²) in [5.74, 6) is 0.674. The summed E-state index contributed by atoms with van der Waals surface area (Å²) in [6.07, 6.45) is 6.45. The third-order valence-electron chi connectivity index (χ3n) is 3.89. The zero-order valence-electron chi connectivity index (χ0n) is 13.4. The minimum atomic E-state index is -3.21. The van der Waals surface area contributed by atoms with Gasteiger partial charge in [-0.1, -0.05) is 6.07 Å². The Balaban J connectivity index is 1.68. The van der Waals surface area contributed by atoms with Gasteiger partial charge in [-0.05, 0) is 35.9 Å². The molecule has 0 saturated heterocycles. The van der Waals surface area contributed by atoms with Crippen LogP contribution in [0.5, 0.6) is 0 Å². The van der Waals surface area contributed by atoms with Gasteiger partial charge in [0.05, 0.1) is 17.6 Å². The van der Waals surface area contributed by atoms with Crippen LogP contribution in [0.2, 0.25) is 0 Å². The highest BCUT2D eigenvalue weighted by Gasteiger charge is 2.12. The van der Waals surface area contributed by atoms with E-state index in [0.29, 0.717) is 12.4 Å². The normalized spacial score (nSPS) is 11.9. The maximum Gasteiger partial charge on any atom is 0.177 e. The predicted octanol–water partition coefficient (Wildman–Crippen LogP) is 2.27. The van der Waals surface area contributed by atoms with Crippen molar-refractivity contribution in [3.8, 4) is 11.4 Å². The van der Waals surface area contributed by atoms with E-state index < -0.39 is 9.84 Å². The Bertz CT molecular complexity index is 1130. The second-order valence-corrected chi connectivity index (χ2v) is 7.80. The predicted molar refractivity (Wildman–Crippen MR) is 93.8 cm³/mol. The van der Waals surface area contributed by atoms with Crippen molar-refractivity contribution in [1.82, 2.24) is 24.7 Å². The molecule has 0 saturated carbocycles. The van der Waals surface area contributed by atoms with Crippen LogP contribution in [0, 0.1) is 0 Å². The standard InChI is InChI=1S/C17H15N5O2S/c1-25(23,24)14-6-4-13(5-7-14)16-20-15-10-19-22(17(15)21-16)11-12-3-2-8-18-9-12/h2-10H,11H2,1H3,(H,20,21). The van der Waals surface area contributed by atoms with Crippen LogP contribution in [-0.2, 0) is 16.4 Å². The van der Waals surface area contributed by atoms with E-state index in [0.717, 1.165) is 22.3 Å². The molecule has 0 fully saturated rings. The van der Waals surface area contributed by atoms with Crippen molar-refractivity contribution < 1.29 is 8.42 Å². The number of imidazole rings is 1. The third-order valence-corrected chi connectivity index (χ3v) is 5.02. The maximum atomic E-state index is 11.6. The molecule has 0 aliphatic rings. The van der Waals surface area contributed by atoms with Crippen LogP contribution < -0.4 is 0 Å². The lowest BCUT2D eigenvalue weighted by Crippen LogP contribution is -2.02. The smallest absolute Gasteiger partial charge is 0.177 e. The van der Waals surface area contributed by atoms with E-state index >= 15 is 0 Å². The molecule has 3 heterocycles. The number of benzene rings is 1. The molecule has 0 unspecified atom stereocenters. The van der Waals surface area contributed by atoms with Crippen LogP contribution in [-0.4, -0.2) is 39.4 Å². The maximum absolute atomic E-state index is 11.6. The zero-order chi connectivity index (χ0) is 17.4. The Morgan fingerprint density at radius 3 is 2.60 bits per heavy atom. The number of aromatic amines is 1. The number of hydrogen-bond donors (Lipinski definition) is 1. The Morgan fingerprint density at radius 1 is 1.12 bits per heavy atom. The number of sulfone groups is 1. The first kappa shape index (κ1) is 15.5. The molecule has 3 aromatic heterocycles. The van der Waals surface area contributed by atoms with E-state index in [2.05, 4.69) is 20.1 Å². The van der Waals surface area contributed by atoms with Gasteiger partial charge in [0.15, 0.2) is 15.5 Å². The Morgan fingerprint density at radius 2 is 1.92 bits per heavy atom. The summed E-state index contributed by atoms with van der Waals surface area (Å²) in [6, 6.07) is 10.5. The second kappa shape index (κ2) is 5.82.